The number of aromatic nitrogens is 1. The van der Waals surface area contributed by atoms with Crippen molar-refractivity contribution in [2.45, 2.75) is 0 Å². The van der Waals surface area contributed by atoms with E-state index in [1.165, 1.54) is 11.3 Å². The van der Waals surface area contributed by atoms with Crippen molar-refractivity contribution < 1.29 is 9.90 Å². The molecule has 25 heavy (non-hydrogen) atoms. The lowest BCUT2D eigenvalue weighted by atomic mass is 10.0. The summed E-state index contributed by atoms with van der Waals surface area (Å²) in [5.74, 6) is -0.376. The predicted octanol–water partition coefficient (Wildman–Crippen LogP) is 4.08. The van der Waals surface area contributed by atoms with Crippen molar-refractivity contribution in [1.29, 1.82) is 0 Å². The van der Waals surface area contributed by atoms with Crippen LogP contribution in [0.1, 0.15) is 9.67 Å². The number of hydrogen-bond donors (Lipinski definition) is 3. The average molecular weight is 367 g/mol. The van der Waals surface area contributed by atoms with E-state index in [1.807, 2.05) is 35.7 Å². The lowest BCUT2D eigenvalue weighted by Gasteiger charge is -2.08. The summed E-state index contributed by atoms with van der Waals surface area (Å²) in [5.41, 5.74) is 14.5. The first-order valence-corrected chi connectivity index (χ1v) is 9.10. The second-order valence-electron chi connectivity index (χ2n) is 5.47. The molecule has 0 saturated carbocycles. The number of benzene rings is 1. The molecule has 1 amide bonds. The van der Waals surface area contributed by atoms with E-state index in [4.69, 9.17) is 11.5 Å². The molecule has 0 aliphatic carbocycles. The minimum Gasteiger partial charge on any atom is -0.508 e. The van der Waals surface area contributed by atoms with Crippen LogP contribution >= 0.6 is 22.7 Å². The van der Waals surface area contributed by atoms with E-state index in [0.717, 1.165) is 21.7 Å². The minimum absolute atomic E-state index is 0.184. The highest BCUT2D eigenvalue weighted by molar-refractivity contribution is 7.21. The van der Waals surface area contributed by atoms with Crippen LogP contribution in [0.25, 0.3) is 31.9 Å². The number of fused-ring (bicyclic) bond motifs is 1. The Morgan fingerprint density at radius 1 is 1.16 bits per heavy atom. The van der Waals surface area contributed by atoms with Gasteiger partial charge >= 0.3 is 0 Å². The Kier molecular flexibility index (Phi) is 3.67. The highest BCUT2D eigenvalue weighted by atomic mass is 32.1. The summed E-state index contributed by atoms with van der Waals surface area (Å²) in [6.45, 7) is 0. The molecule has 7 heteroatoms. The third-order valence-corrected chi connectivity index (χ3v) is 5.88. The van der Waals surface area contributed by atoms with Gasteiger partial charge in [-0.15, -0.1) is 22.7 Å². The van der Waals surface area contributed by atoms with Crippen molar-refractivity contribution in [1.82, 2.24) is 4.98 Å². The van der Waals surface area contributed by atoms with Crippen LogP contribution in [0.4, 0.5) is 5.69 Å². The second-order valence-corrected chi connectivity index (χ2v) is 7.42. The van der Waals surface area contributed by atoms with Crippen molar-refractivity contribution in [3.8, 4) is 27.4 Å². The molecule has 3 heterocycles. The Balaban J connectivity index is 2.06. The monoisotopic (exact) mass is 367 g/mol. The summed E-state index contributed by atoms with van der Waals surface area (Å²) >= 11 is 2.79. The van der Waals surface area contributed by atoms with Crippen molar-refractivity contribution in [3.63, 3.8) is 0 Å². The maximum Gasteiger partial charge on any atom is 0.260 e. The summed E-state index contributed by atoms with van der Waals surface area (Å²) in [4.78, 5) is 18.4. The molecule has 5 N–H and O–H groups in total. The summed E-state index contributed by atoms with van der Waals surface area (Å²) in [6.07, 6.45) is 0. The van der Waals surface area contributed by atoms with Crippen LogP contribution in [0.15, 0.2) is 47.8 Å². The second kappa shape index (κ2) is 5.87. The number of carbonyl (C=O) groups is 1. The van der Waals surface area contributed by atoms with Crippen LogP contribution in [-0.4, -0.2) is 16.0 Å². The van der Waals surface area contributed by atoms with Crippen LogP contribution in [0.5, 0.6) is 5.75 Å². The molecular formula is C18H13N3O2S2. The van der Waals surface area contributed by atoms with Crippen LogP contribution in [0, 0.1) is 0 Å². The van der Waals surface area contributed by atoms with Gasteiger partial charge in [-0.05, 0) is 40.8 Å². The molecule has 0 spiro atoms. The van der Waals surface area contributed by atoms with Gasteiger partial charge in [0, 0.05) is 5.39 Å². The molecule has 0 unspecified atom stereocenters. The largest absolute Gasteiger partial charge is 0.508 e. The molecule has 1 aromatic carbocycles. The molecule has 0 saturated heterocycles. The number of phenolic OH excluding ortho intramolecular Hbond substituents is 1. The maximum absolute atomic E-state index is 11.7. The van der Waals surface area contributed by atoms with Crippen molar-refractivity contribution in [2.75, 3.05) is 5.73 Å². The fourth-order valence-corrected chi connectivity index (χ4v) is 4.38. The first-order chi connectivity index (χ1) is 12.0. The Morgan fingerprint density at radius 2 is 1.92 bits per heavy atom. The molecule has 0 radical (unpaired) electrons. The van der Waals surface area contributed by atoms with Gasteiger partial charge in [-0.2, -0.15) is 0 Å². The molecule has 124 valence electrons. The van der Waals surface area contributed by atoms with Crippen LogP contribution in [0.3, 0.4) is 0 Å². The predicted molar refractivity (Wildman–Crippen MR) is 103 cm³/mol. The number of pyridine rings is 1. The van der Waals surface area contributed by atoms with Gasteiger partial charge in [-0.25, -0.2) is 4.98 Å². The summed E-state index contributed by atoms with van der Waals surface area (Å²) < 4.78 is 0. The smallest absolute Gasteiger partial charge is 0.260 e. The van der Waals surface area contributed by atoms with E-state index < -0.39 is 5.91 Å². The van der Waals surface area contributed by atoms with Crippen LogP contribution in [-0.2, 0) is 0 Å². The van der Waals surface area contributed by atoms with E-state index >= 15 is 0 Å². The molecular weight excluding hydrogens is 354 g/mol. The fourth-order valence-electron chi connectivity index (χ4n) is 2.72. The number of carbonyl (C=O) groups excluding carboxylic acids is 1. The summed E-state index contributed by atoms with van der Waals surface area (Å²) in [6, 6.07) is 12.8. The zero-order valence-electron chi connectivity index (χ0n) is 12.9. The highest BCUT2D eigenvalue weighted by Crippen LogP contribution is 2.41. The minimum atomic E-state index is -0.560. The third kappa shape index (κ3) is 2.63. The Labute approximate surface area is 151 Å². The van der Waals surface area contributed by atoms with Crippen LogP contribution in [0.2, 0.25) is 0 Å². The van der Waals surface area contributed by atoms with Crippen molar-refractivity contribution >= 4 is 44.5 Å². The Bertz CT molecular complexity index is 1080. The number of amides is 1. The highest BCUT2D eigenvalue weighted by Gasteiger charge is 2.20. The zero-order valence-corrected chi connectivity index (χ0v) is 14.5. The van der Waals surface area contributed by atoms with Crippen LogP contribution < -0.4 is 11.5 Å². The first kappa shape index (κ1) is 15.6. The van der Waals surface area contributed by atoms with Gasteiger partial charge in [0.2, 0.25) is 0 Å². The van der Waals surface area contributed by atoms with Gasteiger partial charge in [0.25, 0.3) is 5.91 Å². The molecule has 5 nitrogen and oxygen atoms in total. The number of nitrogen functional groups attached to an aromatic ring is 1. The van der Waals surface area contributed by atoms with Gasteiger partial charge in [0.1, 0.15) is 15.5 Å². The Morgan fingerprint density at radius 3 is 2.56 bits per heavy atom. The average Bonchev–Trinajstić information content (AvgIpc) is 3.23. The molecule has 0 bridgehead atoms. The topological polar surface area (TPSA) is 102 Å². The number of phenols is 1. The lowest BCUT2D eigenvalue weighted by molar-refractivity contribution is 0.100. The van der Waals surface area contributed by atoms with E-state index in [-0.39, 0.29) is 5.75 Å². The third-order valence-electron chi connectivity index (χ3n) is 3.87. The number of anilines is 1. The van der Waals surface area contributed by atoms with Gasteiger partial charge in [0.05, 0.1) is 16.3 Å². The molecule has 3 aromatic heterocycles. The first-order valence-electron chi connectivity index (χ1n) is 7.40. The molecule has 0 atom stereocenters. The molecule has 0 aliphatic heterocycles. The normalized spacial score (nSPS) is 11.0. The van der Waals surface area contributed by atoms with Gasteiger partial charge in [-0.3, -0.25) is 4.79 Å². The summed E-state index contributed by atoms with van der Waals surface area (Å²) in [5, 5.41) is 12.3. The van der Waals surface area contributed by atoms with E-state index in [2.05, 4.69) is 4.98 Å². The van der Waals surface area contributed by atoms with Gasteiger partial charge < -0.3 is 16.6 Å². The number of thiophene rings is 2. The van der Waals surface area contributed by atoms with E-state index in [0.29, 0.717) is 20.8 Å². The fraction of sp³-hybridized carbons (Fsp3) is 0. The molecule has 4 aromatic rings. The number of primary amides is 1. The number of hydrogen-bond acceptors (Lipinski definition) is 6. The standard InChI is InChI=1S/C18H13N3O2S2/c19-15-14-11(9-3-5-10(22)6-4-9)8-12(13-2-1-7-24-13)21-18(14)25-16(15)17(20)23/h1-8,22H,19H2,(H2,20,23). The van der Waals surface area contributed by atoms with Gasteiger partial charge in [-0.1, -0.05) is 18.2 Å². The summed E-state index contributed by atoms with van der Waals surface area (Å²) in [7, 11) is 0. The van der Waals surface area contributed by atoms with Gasteiger partial charge in [0.15, 0.2) is 0 Å². The number of nitrogens with zero attached hydrogens (tertiary/aromatic N) is 1. The molecule has 0 aliphatic rings. The van der Waals surface area contributed by atoms with Crippen molar-refractivity contribution in [2.24, 2.45) is 5.73 Å². The quantitative estimate of drug-likeness (QED) is 0.508. The number of nitrogens with two attached hydrogens (primary N) is 2. The number of rotatable bonds is 3. The zero-order chi connectivity index (χ0) is 17.6. The lowest BCUT2D eigenvalue weighted by Crippen LogP contribution is -2.10. The molecule has 0 fully saturated rings. The maximum atomic E-state index is 11.7. The SMILES string of the molecule is NC(=O)c1sc2nc(-c3cccs3)cc(-c3ccc(O)cc3)c2c1N. The Hall–Kier alpha value is -2.90. The van der Waals surface area contributed by atoms with E-state index in [9.17, 15) is 9.90 Å². The van der Waals surface area contributed by atoms with E-state index in [1.54, 1.807) is 23.5 Å². The van der Waals surface area contributed by atoms with Crippen molar-refractivity contribution in [3.05, 3.63) is 52.7 Å². The molecule has 4 rings (SSSR count). The number of aromatic hydroxyl groups is 1.